The lowest BCUT2D eigenvalue weighted by Gasteiger charge is -2.22. The van der Waals surface area contributed by atoms with E-state index in [0.29, 0.717) is 27.7 Å². The quantitative estimate of drug-likeness (QED) is 0.0616. The van der Waals surface area contributed by atoms with Gasteiger partial charge in [-0.25, -0.2) is 0 Å². The Bertz CT molecular complexity index is 3090. The van der Waals surface area contributed by atoms with Gasteiger partial charge < -0.3 is 35.1 Å². The first kappa shape index (κ1) is 30.4. The Kier molecular flexibility index (Phi) is 6.35. The Hall–Kier alpha value is -7.38. The molecular weight excluding hydrogens is 664 g/mol. The fourth-order valence-corrected chi connectivity index (χ4v) is 8.25. The second-order valence-corrected chi connectivity index (χ2v) is 13.3. The molecule has 0 saturated carbocycles. The molecule has 7 heteroatoms. The molecule has 0 saturated heterocycles. The van der Waals surface area contributed by atoms with Crippen LogP contribution in [0.25, 0.3) is 98.4 Å². The smallest absolute Gasteiger partial charge is 0.166 e. The Balaban J connectivity index is 1.44. The molecule has 0 aliphatic heterocycles. The monoisotopic (exact) mass is 692 g/mol. The number of phenols is 6. The second-order valence-electron chi connectivity index (χ2n) is 13.3. The minimum atomic E-state index is -0.590. The second kappa shape index (κ2) is 11.1. The van der Waals surface area contributed by atoms with Gasteiger partial charge in [-0.2, -0.15) is 0 Å². The van der Waals surface area contributed by atoms with Crippen LogP contribution in [0.15, 0.2) is 138 Å². The first-order valence-corrected chi connectivity index (χ1v) is 17.0. The summed E-state index contributed by atoms with van der Waals surface area (Å²) in [7, 11) is 0. The molecule has 0 amide bonds. The number of phenolic OH excluding ortho intramolecular Hbond substituents is 6. The van der Waals surface area contributed by atoms with E-state index in [-0.39, 0.29) is 44.2 Å². The van der Waals surface area contributed by atoms with Gasteiger partial charge in [-0.3, -0.25) is 0 Å². The molecule has 0 unspecified atom stereocenters. The molecule has 0 atom stereocenters. The fraction of sp³-hybridized carbons (Fsp3) is 0. The molecule has 0 fully saturated rings. The third-order valence-electron chi connectivity index (χ3n) is 10.4. The Morgan fingerprint density at radius 3 is 1.25 bits per heavy atom. The first-order chi connectivity index (χ1) is 25.8. The van der Waals surface area contributed by atoms with Crippen LogP contribution in [0.4, 0.5) is 0 Å². The molecule has 9 aromatic carbocycles. The minimum absolute atomic E-state index is 0.00609. The van der Waals surface area contributed by atoms with E-state index in [2.05, 4.69) is 24.3 Å². The molecule has 53 heavy (non-hydrogen) atoms. The predicted molar refractivity (Wildman–Crippen MR) is 210 cm³/mol. The molecule has 0 aliphatic carbocycles. The van der Waals surface area contributed by atoms with Crippen molar-refractivity contribution in [1.29, 1.82) is 0 Å². The molecule has 254 valence electrons. The van der Waals surface area contributed by atoms with Crippen LogP contribution >= 0.6 is 0 Å². The van der Waals surface area contributed by atoms with Crippen molar-refractivity contribution >= 4 is 65.0 Å². The number of rotatable bonds is 3. The molecule has 1 aromatic heterocycles. The van der Waals surface area contributed by atoms with Crippen LogP contribution in [0, 0.1) is 0 Å². The number of hydrogen-bond donors (Lipinski definition) is 6. The maximum Gasteiger partial charge on any atom is 0.166 e. The summed E-state index contributed by atoms with van der Waals surface area (Å²) in [6.07, 6.45) is 0. The maximum absolute atomic E-state index is 11.8. The highest BCUT2D eigenvalue weighted by Gasteiger charge is 2.30. The zero-order valence-corrected chi connectivity index (χ0v) is 27.8. The summed E-state index contributed by atoms with van der Waals surface area (Å²) in [6.45, 7) is 0. The third-order valence-corrected chi connectivity index (χ3v) is 10.4. The van der Waals surface area contributed by atoms with Gasteiger partial charge in [-0.15, -0.1) is 0 Å². The summed E-state index contributed by atoms with van der Waals surface area (Å²) in [6, 6.07) is 40.9. The van der Waals surface area contributed by atoms with Crippen LogP contribution in [0.1, 0.15) is 0 Å². The average Bonchev–Trinajstić information content (AvgIpc) is 3.57. The molecule has 0 bridgehead atoms. The standard InChI is InChI=1S/C46H28O7/c47-31-21-33(49)45(51)43-40(44-42(32(48)22-34(50)46(44)52)37(41(31)43)24-13-5-2-6-14-24)30-20-36-39(28-18-10-8-16-26(28)30)38-27-17-9-7-15-25(27)29(19-35(38)53-36)23-11-3-1-4-12-23/h1-22,47-52H. The normalized spacial score (nSPS) is 11.8. The maximum atomic E-state index is 11.8. The van der Waals surface area contributed by atoms with E-state index in [1.165, 1.54) is 0 Å². The predicted octanol–water partition coefficient (Wildman–Crippen LogP) is 11.4. The van der Waals surface area contributed by atoms with Gasteiger partial charge >= 0.3 is 0 Å². The number of benzene rings is 9. The molecule has 0 radical (unpaired) electrons. The number of hydrogen-bond acceptors (Lipinski definition) is 7. The number of fused-ring (bicyclic) bond motifs is 9. The van der Waals surface area contributed by atoms with Gasteiger partial charge in [-0.05, 0) is 55.9 Å². The van der Waals surface area contributed by atoms with Crippen molar-refractivity contribution in [2.75, 3.05) is 0 Å². The van der Waals surface area contributed by atoms with Crippen molar-refractivity contribution in [3.63, 3.8) is 0 Å². The van der Waals surface area contributed by atoms with Crippen molar-refractivity contribution < 1.29 is 35.1 Å². The summed E-state index contributed by atoms with van der Waals surface area (Å²) in [5.74, 6) is -3.01. The van der Waals surface area contributed by atoms with Crippen molar-refractivity contribution in [2.45, 2.75) is 0 Å². The van der Waals surface area contributed by atoms with Gasteiger partial charge in [0.1, 0.15) is 22.7 Å². The van der Waals surface area contributed by atoms with Crippen LogP contribution in [-0.2, 0) is 0 Å². The fourth-order valence-electron chi connectivity index (χ4n) is 8.25. The first-order valence-electron chi connectivity index (χ1n) is 17.0. The topological polar surface area (TPSA) is 135 Å². The molecule has 1 heterocycles. The van der Waals surface area contributed by atoms with E-state index < -0.39 is 23.0 Å². The molecule has 0 aliphatic rings. The van der Waals surface area contributed by atoms with Crippen molar-refractivity contribution in [1.82, 2.24) is 0 Å². The number of furan rings is 1. The van der Waals surface area contributed by atoms with Gasteiger partial charge in [-0.1, -0.05) is 109 Å². The van der Waals surface area contributed by atoms with Crippen molar-refractivity contribution in [3.05, 3.63) is 133 Å². The molecule has 10 aromatic rings. The van der Waals surface area contributed by atoms with E-state index in [1.807, 2.05) is 72.8 Å². The van der Waals surface area contributed by atoms with Crippen LogP contribution in [0.5, 0.6) is 34.5 Å². The molecule has 7 nitrogen and oxygen atoms in total. The zero-order chi connectivity index (χ0) is 36.1. The van der Waals surface area contributed by atoms with Gasteiger partial charge in [0.15, 0.2) is 23.0 Å². The summed E-state index contributed by atoms with van der Waals surface area (Å²) in [4.78, 5) is 0. The van der Waals surface area contributed by atoms with Crippen LogP contribution < -0.4 is 0 Å². The highest BCUT2D eigenvalue weighted by Crippen LogP contribution is 2.58. The van der Waals surface area contributed by atoms with E-state index in [1.54, 1.807) is 24.3 Å². The molecule has 6 N–H and O–H groups in total. The summed E-state index contributed by atoms with van der Waals surface area (Å²) in [5.41, 5.74) is 4.67. The lowest BCUT2D eigenvalue weighted by molar-refractivity contribution is 0.401. The van der Waals surface area contributed by atoms with Crippen LogP contribution in [-0.4, -0.2) is 30.6 Å². The SMILES string of the molecule is Oc1cc(O)c2c(-c3ccccc3)c3c(O)cc(O)c(O)c3c(-c3cc4oc5cc(-c6ccccc6)c6ccccc6c5c4c4ccccc34)c2c1O. The zero-order valence-electron chi connectivity index (χ0n) is 27.8. The lowest BCUT2D eigenvalue weighted by atomic mass is 9.82. The van der Waals surface area contributed by atoms with Gasteiger partial charge in [0.2, 0.25) is 0 Å². The Morgan fingerprint density at radius 2 is 0.736 bits per heavy atom. The molecule has 0 spiro atoms. The summed E-state index contributed by atoms with van der Waals surface area (Å²) < 4.78 is 6.74. The average molecular weight is 693 g/mol. The Morgan fingerprint density at radius 1 is 0.321 bits per heavy atom. The van der Waals surface area contributed by atoms with Crippen molar-refractivity contribution in [2.24, 2.45) is 0 Å². The summed E-state index contributed by atoms with van der Waals surface area (Å²) >= 11 is 0. The van der Waals surface area contributed by atoms with E-state index >= 15 is 0 Å². The van der Waals surface area contributed by atoms with E-state index in [4.69, 9.17) is 4.42 Å². The van der Waals surface area contributed by atoms with Gasteiger partial charge in [0, 0.05) is 55.6 Å². The van der Waals surface area contributed by atoms with Crippen molar-refractivity contribution in [3.8, 4) is 67.9 Å². The van der Waals surface area contributed by atoms with E-state index in [9.17, 15) is 30.6 Å². The minimum Gasteiger partial charge on any atom is -0.507 e. The van der Waals surface area contributed by atoms with E-state index in [0.717, 1.165) is 50.2 Å². The molecule has 10 rings (SSSR count). The molecular formula is C46H28O7. The number of aromatic hydroxyl groups is 6. The highest BCUT2D eigenvalue weighted by atomic mass is 16.3. The lowest BCUT2D eigenvalue weighted by Crippen LogP contribution is -1.94. The Labute approximate surface area is 300 Å². The van der Waals surface area contributed by atoms with Crippen LogP contribution in [0.2, 0.25) is 0 Å². The van der Waals surface area contributed by atoms with Crippen LogP contribution in [0.3, 0.4) is 0 Å². The van der Waals surface area contributed by atoms with Gasteiger partial charge in [0.25, 0.3) is 0 Å². The third kappa shape index (κ3) is 4.22. The van der Waals surface area contributed by atoms with Gasteiger partial charge in [0.05, 0.1) is 0 Å². The highest BCUT2D eigenvalue weighted by molar-refractivity contribution is 6.33. The summed E-state index contributed by atoms with van der Waals surface area (Å²) in [5, 5.41) is 74.2. The largest absolute Gasteiger partial charge is 0.507 e.